The van der Waals surface area contributed by atoms with Gasteiger partial charge in [0.05, 0.1) is 11.1 Å². The maximum absolute atomic E-state index is 12.3. The van der Waals surface area contributed by atoms with Gasteiger partial charge in [-0.1, -0.05) is 30.3 Å². The maximum Gasteiger partial charge on any atom is 0.343 e. The average Bonchev–Trinajstić information content (AvgIpc) is 2.52. The third-order valence-electron chi connectivity index (χ3n) is 3.94. The summed E-state index contributed by atoms with van der Waals surface area (Å²) in [6.07, 6.45) is 1.30. The molecule has 0 fully saturated rings. The summed E-state index contributed by atoms with van der Waals surface area (Å²) >= 11 is 0. The molecule has 1 aliphatic heterocycles. The summed E-state index contributed by atoms with van der Waals surface area (Å²) in [5.41, 5.74) is 7.18. The topological polar surface area (TPSA) is 89.2 Å². The van der Waals surface area contributed by atoms with E-state index in [-0.39, 0.29) is 11.5 Å². The maximum atomic E-state index is 12.3. The van der Waals surface area contributed by atoms with E-state index in [1.165, 1.54) is 0 Å². The number of hydrogen-bond acceptors (Lipinski definition) is 5. The number of ether oxygens (including phenoxy) is 1. The molecule has 5 nitrogen and oxygen atoms in total. The predicted molar refractivity (Wildman–Crippen MR) is 84.7 cm³/mol. The number of aryl methyl sites for hydroxylation is 2. The molecule has 5 heteroatoms. The second kappa shape index (κ2) is 6.01. The van der Waals surface area contributed by atoms with Gasteiger partial charge < -0.3 is 14.9 Å². The third-order valence-corrected chi connectivity index (χ3v) is 3.94. The van der Waals surface area contributed by atoms with Crippen molar-refractivity contribution in [2.75, 3.05) is 0 Å². The lowest BCUT2D eigenvalue weighted by molar-refractivity contribution is 0.362. The van der Waals surface area contributed by atoms with Crippen LogP contribution < -0.4 is 16.1 Å². The Morgan fingerprint density at radius 3 is 2.74 bits per heavy atom. The lowest BCUT2D eigenvalue weighted by Gasteiger charge is -2.24. The molecule has 0 saturated carbocycles. The molecule has 3 rings (SSSR count). The zero-order valence-corrected chi connectivity index (χ0v) is 12.7. The number of nitrogens with two attached hydrogens (primary N) is 1. The predicted octanol–water partition coefficient (Wildman–Crippen LogP) is 2.75. The summed E-state index contributed by atoms with van der Waals surface area (Å²) in [6, 6.07) is 13.6. The highest BCUT2D eigenvalue weighted by Gasteiger charge is 2.32. The van der Waals surface area contributed by atoms with Crippen molar-refractivity contribution < 1.29 is 9.15 Å². The zero-order valence-electron chi connectivity index (χ0n) is 12.7. The van der Waals surface area contributed by atoms with Crippen LogP contribution in [0.15, 0.2) is 57.1 Å². The lowest BCUT2D eigenvalue weighted by Crippen LogP contribution is -2.26. The standard InChI is InChI=1S/C18H16N2O3/c1-11-9-15-16(18(21)22-11)13(14(10-19)17(20)23-15)8-7-12-5-3-2-4-6-12/h2-6,9,13H,7-8,20H2,1H3/t13-/m1/s1. The molecular weight excluding hydrogens is 292 g/mol. The van der Waals surface area contributed by atoms with E-state index in [1.54, 1.807) is 13.0 Å². The molecule has 0 saturated heterocycles. The molecule has 116 valence electrons. The Morgan fingerprint density at radius 2 is 2.04 bits per heavy atom. The molecule has 0 radical (unpaired) electrons. The van der Waals surface area contributed by atoms with Gasteiger partial charge in [0, 0.05) is 12.0 Å². The molecule has 0 unspecified atom stereocenters. The highest BCUT2D eigenvalue weighted by Crippen LogP contribution is 2.38. The summed E-state index contributed by atoms with van der Waals surface area (Å²) < 4.78 is 10.6. The van der Waals surface area contributed by atoms with Gasteiger partial charge in [0.2, 0.25) is 5.88 Å². The normalized spacial score (nSPS) is 16.4. The van der Waals surface area contributed by atoms with Crippen LogP contribution in [0, 0.1) is 18.3 Å². The van der Waals surface area contributed by atoms with Crippen LogP contribution in [-0.4, -0.2) is 0 Å². The van der Waals surface area contributed by atoms with Crippen molar-refractivity contribution in [3.63, 3.8) is 0 Å². The fraction of sp³-hybridized carbons (Fsp3) is 0.222. The average molecular weight is 308 g/mol. The molecule has 23 heavy (non-hydrogen) atoms. The van der Waals surface area contributed by atoms with Gasteiger partial charge in [0.25, 0.3) is 0 Å². The SMILES string of the molecule is Cc1cc2c(c(=O)o1)[C@H](CCc1ccccc1)C(C#N)=C(N)O2. The Labute approximate surface area is 133 Å². The Bertz CT molecular complexity index is 860. The first-order chi connectivity index (χ1) is 11.1. The third kappa shape index (κ3) is 2.84. The van der Waals surface area contributed by atoms with Crippen LogP contribution in [-0.2, 0) is 6.42 Å². The number of benzene rings is 1. The van der Waals surface area contributed by atoms with Gasteiger partial charge in [-0.2, -0.15) is 5.26 Å². The van der Waals surface area contributed by atoms with Crippen molar-refractivity contribution in [2.45, 2.75) is 25.7 Å². The number of rotatable bonds is 3. The van der Waals surface area contributed by atoms with Crippen LogP contribution in [0.3, 0.4) is 0 Å². The number of hydrogen-bond donors (Lipinski definition) is 1. The van der Waals surface area contributed by atoms with Crippen molar-refractivity contribution in [3.05, 3.63) is 75.2 Å². The van der Waals surface area contributed by atoms with Gasteiger partial charge in [-0.3, -0.25) is 0 Å². The number of nitriles is 1. The Balaban J connectivity index is 2.00. The highest BCUT2D eigenvalue weighted by atomic mass is 16.5. The Hall–Kier alpha value is -3.00. The minimum atomic E-state index is -0.474. The van der Waals surface area contributed by atoms with Crippen molar-refractivity contribution in [1.29, 1.82) is 5.26 Å². The summed E-state index contributed by atoms with van der Waals surface area (Å²) in [4.78, 5) is 12.3. The van der Waals surface area contributed by atoms with Crippen LogP contribution in [0.2, 0.25) is 0 Å². The van der Waals surface area contributed by atoms with E-state index in [0.29, 0.717) is 23.5 Å². The molecule has 0 amide bonds. The summed E-state index contributed by atoms with van der Waals surface area (Å²) in [5, 5.41) is 9.40. The van der Waals surface area contributed by atoms with Crippen LogP contribution in [0.5, 0.6) is 5.75 Å². The number of nitrogens with zero attached hydrogens (tertiary/aromatic N) is 1. The molecule has 0 aliphatic carbocycles. The first-order valence-electron chi connectivity index (χ1n) is 7.36. The molecule has 2 N–H and O–H groups in total. The van der Waals surface area contributed by atoms with E-state index >= 15 is 0 Å². The smallest absolute Gasteiger partial charge is 0.343 e. The van der Waals surface area contributed by atoms with Crippen molar-refractivity contribution in [1.82, 2.24) is 0 Å². The van der Waals surface area contributed by atoms with Gasteiger partial charge in [-0.25, -0.2) is 4.79 Å². The number of fused-ring (bicyclic) bond motifs is 1. The van der Waals surface area contributed by atoms with E-state index < -0.39 is 11.5 Å². The first kappa shape index (κ1) is 14.9. The molecule has 1 atom stereocenters. The molecule has 1 aliphatic rings. The monoisotopic (exact) mass is 308 g/mol. The highest BCUT2D eigenvalue weighted by molar-refractivity contribution is 5.48. The van der Waals surface area contributed by atoms with Crippen LogP contribution in [0.25, 0.3) is 0 Å². The fourth-order valence-electron chi connectivity index (χ4n) is 2.86. The van der Waals surface area contributed by atoms with Gasteiger partial charge in [0.15, 0.2) is 0 Å². The van der Waals surface area contributed by atoms with E-state index in [0.717, 1.165) is 12.0 Å². The molecule has 1 aromatic carbocycles. The van der Waals surface area contributed by atoms with E-state index in [1.807, 2.05) is 30.3 Å². The van der Waals surface area contributed by atoms with Crippen LogP contribution in [0.1, 0.15) is 29.2 Å². The number of allylic oxidation sites excluding steroid dienone is 1. The molecular formula is C18H16N2O3. The second-order valence-corrected chi connectivity index (χ2v) is 5.49. The second-order valence-electron chi connectivity index (χ2n) is 5.49. The van der Waals surface area contributed by atoms with Gasteiger partial charge in [-0.05, 0) is 25.3 Å². The van der Waals surface area contributed by atoms with Crippen molar-refractivity contribution >= 4 is 0 Å². The molecule has 1 aromatic heterocycles. The van der Waals surface area contributed by atoms with Gasteiger partial charge in [-0.15, -0.1) is 0 Å². The Kier molecular flexibility index (Phi) is 3.90. The van der Waals surface area contributed by atoms with Crippen LogP contribution in [0.4, 0.5) is 0 Å². The first-order valence-corrected chi connectivity index (χ1v) is 7.36. The van der Waals surface area contributed by atoms with Gasteiger partial charge >= 0.3 is 5.63 Å². The van der Waals surface area contributed by atoms with E-state index in [4.69, 9.17) is 14.9 Å². The van der Waals surface area contributed by atoms with Crippen molar-refractivity contribution in [2.24, 2.45) is 5.73 Å². The lowest BCUT2D eigenvalue weighted by atomic mass is 9.85. The minimum Gasteiger partial charge on any atom is -0.440 e. The van der Waals surface area contributed by atoms with E-state index in [9.17, 15) is 10.1 Å². The molecule has 2 aromatic rings. The van der Waals surface area contributed by atoms with E-state index in [2.05, 4.69) is 6.07 Å². The Morgan fingerprint density at radius 1 is 1.30 bits per heavy atom. The molecule has 2 heterocycles. The van der Waals surface area contributed by atoms with Crippen molar-refractivity contribution in [3.8, 4) is 11.8 Å². The van der Waals surface area contributed by atoms with Crippen LogP contribution >= 0.6 is 0 Å². The minimum absolute atomic E-state index is 0.0584. The summed E-state index contributed by atoms with van der Waals surface area (Å²) in [7, 11) is 0. The fourth-order valence-corrected chi connectivity index (χ4v) is 2.86. The molecule has 0 bridgehead atoms. The largest absolute Gasteiger partial charge is 0.440 e. The summed E-state index contributed by atoms with van der Waals surface area (Å²) in [5.74, 6) is 0.473. The quantitative estimate of drug-likeness (QED) is 0.941. The zero-order chi connectivity index (χ0) is 16.4. The summed E-state index contributed by atoms with van der Waals surface area (Å²) in [6.45, 7) is 1.67. The molecule has 0 spiro atoms. The van der Waals surface area contributed by atoms with Gasteiger partial charge in [0.1, 0.15) is 17.6 Å².